The first-order valence-electron chi connectivity index (χ1n) is 9.16. The Morgan fingerprint density at radius 2 is 1.96 bits per heavy atom. The van der Waals surface area contributed by atoms with Gasteiger partial charge in [0.1, 0.15) is 0 Å². The topological polar surface area (TPSA) is 88.6 Å². The van der Waals surface area contributed by atoms with Crippen molar-refractivity contribution in [2.45, 2.75) is 24.7 Å². The maximum Gasteiger partial charge on any atom is 0.357 e. The number of pyridine rings is 1. The van der Waals surface area contributed by atoms with Crippen molar-refractivity contribution in [3.63, 3.8) is 0 Å². The lowest BCUT2D eigenvalue weighted by atomic mass is 9.98. The highest BCUT2D eigenvalue weighted by Gasteiger charge is 2.30. The van der Waals surface area contributed by atoms with Gasteiger partial charge in [-0.3, -0.25) is 0 Å². The SMILES string of the molecule is CCNCC1CCN(S(=O)(=O)c2cccc3c(C(=O)OC)nccc23)CC1.Cl. The first kappa shape index (κ1) is 22.5. The molecule has 1 aliphatic rings. The number of aromatic nitrogens is 1. The first-order chi connectivity index (χ1) is 13.0. The standard InChI is InChI=1S/C19H25N3O4S.ClH/c1-3-20-13-14-8-11-22(12-9-14)27(24,25)17-6-4-5-16-15(17)7-10-21-18(16)19(23)26-2;/h4-7,10,14,20H,3,8-9,11-13H2,1-2H3;1H. The van der Waals surface area contributed by atoms with Crippen molar-refractivity contribution in [2.75, 3.05) is 33.3 Å². The third-order valence-electron chi connectivity index (χ3n) is 5.02. The maximum absolute atomic E-state index is 13.2. The van der Waals surface area contributed by atoms with Gasteiger partial charge in [-0.2, -0.15) is 4.31 Å². The summed E-state index contributed by atoms with van der Waals surface area (Å²) >= 11 is 0. The van der Waals surface area contributed by atoms with Gasteiger partial charge in [-0.15, -0.1) is 12.4 Å². The van der Waals surface area contributed by atoms with E-state index in [2.05, 4.69) is 17.2 Å². The van der Waals surface area contributed by atoms with Crippen molar-refractivity contribution in [3.8, 4) is 0 Å². The molecule has 1 N–H and O–H groups in total. The quantitative estimate of drug-likeness (QED) is 0.712. The van der Waals surface area contributed by atoms with E-state index in [4.69, 9.17) is 4.74 Å². The fourth-order valence-corrected chi connectivity index (χ4v) is 5.18. The van der Waals surface area contributed by atoms with Crippen molar-refractivity contribution >= 4 is 39.2 Å². The van der Waals surface area contributed by atoms with Gasteiger partial charge < -0.3 is 10.1 Å². The minimum atomic E-state index is -3.65. The van der Waals surface area contributed by atoms with Crippen LogP contribution in [0.3, 0.4) is 0 Å². The zero-order valence-electron chi connectivity index (χ0n) is 16.1. The van der Waals surface area contributed by atoms with E-state index in [-0.39, 0.29) is 23.0 Å². The van der Waals surface area contributed by atoms with Crippen molar-refractivity contribution in [2.24, 2.45) is 5.92 Å². The largest absolute Gasteiger partial charge is 0.464 e. The molecule has 0 unspecified atom stereocenters. The van der Waals surface area contributed by atoms with Crippen molar-refractivity contribution in [1.29, 1.82) is 0 Å². The normalized spacial score (nSPS) is 15.9. The predicted octanol–water partition coefficient (Wildman–Crippen LogP) is 2.45. The number of carbonyl (C=O) groups excluding carboxylic acids is 1. The minimum Gasteiger partial charge on any atom is -0.464 e. The van der Waals surface area contributed by atoms with Crippen LogP contribution in [0.15, 0.2) is 35.4 Å². The Bertz CT molecular complexity index is 928. The lowest BCUT2D eigenvalue weighted by molar-refractivity contribution is 0.0596. The van der Waals surface area contributed by atoms with Gasteiger partial charge in [0.25, 0.3) is 0 Å². The van der Waals surface area contributed by atoms with E-state index in [0.717, 1.165) is 25.9 Å². The van der Waals surface area contributed by atoms with Crippen molar-refractivity contribution in [1.82, 2.24) is 14.6 Å². The molecule has 0 atom stereocenters. The van der Waals surface area contributed by atoms with Crippen LogP contribution in [0.2, 0.25) is 0 Å². The summed E-state index contributed by atoms with van der Waals surface area (Å²) in [7, 11) is -2.37. The highest BCUT2D eigenvalue weighted by molar-refractivity contribution is 7.89. The van der Waals surface area contributed by atoms with E-state index >= 15 is 0 Å². The number of methoxy groups -OCH3 is 1. The predicted molar refractivity (Wildman–Crippen MR) is 110 cm³/mol. The van der Waals surface area contributed by atoms with Crippen LogP contribution in [-0.4, -0.2) is 57.0 Å². The van der Waals surface area contributed by atoms with Crippen LogP contribution in [-0.2, 0) is 14.8 Å². The number of halogens is 1. The second-order valence-electron chi connectivity index (χ2n) is 6.66. The number of hydrogen-bond acceptors (Lipinski definition) is 6. The van der Waals surface area contributed by atoms with E-state index in [0.29, 0.717) is 29.8 Å². The van der Waals surface area contributed by atoms with Gasteiger partial charge in [-0.1, -0.05) is 19.1 Å². The fourth-order valence-electron chi connectivity index (χ4n) is 3.50. The van der Waals surface area contributed by atoms with Gasteiger partial charge >= 0.3 is 5.97 Å². The highest BCUT2D eigenvalue weighted by Crippen LogP contribution is 2.29. The number of carbonyl (C=O) groups is 1. The average molecular weight is 428 g/mol. The van der Waals surface area contributed by atoms with E-state index in [9.17, 15) is 13.2 Å². The van der Waals surface area contributed by atoms with Crippen LogP contribution < -0.4 is 5.32 Å². The second-order valence-corrected chi connectivity index (χ2v) is 8.56. The average Bonchev–Trinajstić information content (AvgIpc) is 2.71. The summed E-state index contributed by atoms with van der Waals surface area (Å²) in [6.45, 7) is 4.92. The molecule has 154 valence electrons. The first-order valence-corrected chi connectivity index (χ1v) is 10.6. The number of rotatable bonds is 6. The summed E-state index contributed by atoms with van der Waals surface area (Å²) < 4.78 is 32.8. The summed E-state index contributed by atoms with van der Waals surface area (Å²) in [6.07, 6.45) is 3.12. The molecule has 1 saturated heterocycles. The van der Waals surface area contributed by atoms with Gasteiger partial charge in [-0.25, -0.2) is 18.2 Å². The molecule has 2 heterocycles. The third kappa shape index (κ3) is 4.46. The highest BCUT2D eigenvalue weighted by atomic mass is 35.5. The van der Waals surface area contributed by atoms with Crippen LogP contribution >= 0.6 is 12.4 Å². The molecule has 1 aliphatic heterocycles. The lowest BCUT2D eigenvalue weighted by Gasteiger charge is -2.31. The molecule has 0 bridgehead atoms. The number of piperidine rings is 1. The van der Waals surface area contributed by atoms with Gasteiger partial charge in [0.2, 0.25) is 10.0 Å². The Balaban J connectivity index is 0.00000280. The summed E-state index contributed by atoms with van der Waals surface area (Å²) in [6, 6.07) is 6.55. The molecule has 9 heteroatoms. The van der Waals surface area contributed by atoms with E-state index in [1.54, 1.807) is 28.6 Å². The Kier molecular flexibility index (Phi) is 7.77. The molecule has 28 heavy (non-hydrogen) atoms. The molecule has 2 aromatic rings. The zero-order chi connectivity index (χ0) is 19.4. The van der Waals surface area contributed by atoms with E-state index in [1.807, 2.05) is 0 Å². The number of benzene rings is 1. The summed E-state index contributed by atoms with van der Waals surface area (Å²) in [5.74, 6) is -0.0848. The number of esters is 1. The second kappa shape index (κ2) is 9.65. The molecule has 0 spiro atoms. The van der Waals surface area contributed by atoms with E-state index < -0.39 is 16.0 Å². The third-order valence-corrected chi connectivity index (χ3v) is 6.98. The van der Waals surface area contributed by atoms with Gasteiger partial charge in [0.15, 0.2) is 5.69 Å². The maximum atomic E-state index is 13.2. The zero-order valence-corrected chi connectivity index (χ0v) is 17.7. The molecule has 0 saturated carbocycles. The van der Waals surface area contributed by atoms with Crippen LogP contribution in [0.1, 0.15) is 30.3 Å². The summed E-state index contributed by atoms with van der Waals surface area (Å²) in [5.41, 5.74) is 0.122. The molecule has 7 nitrogen and oxygen atoms in total. The Morgan fingerprint density at radius 3 is 2.61 bits per heavy atom. The monoisotopic (exact) mass is 427 g/mol. The number of hydrogen-bond donors (Lipinski definition) is 1. The molecule has 0 radical (unpaired) electrons. The van der Waals surface area contributed by atoms with Crippen LogP contribution in [0.5, 0.6) is 0 Å². The number of ether oxygens (including phenoxy) is 1. The van der Waals surface area contributed by atoms with Crippen molar-refractivity contribution in [3.05, 3.63) is 36.2 Å². The van der Waals surface area contributed by atoms with Crippen LogP contribution in [0.25, 0.3) is 10.8 Å². The minimum absolute atomic E-state index is 0. The molecule has 1 fully saturated rings. The Labute approximate surface area is 171 Å². The van der Waals surface area contributed by atoms with Crippen LogP contribution in [0, 0.1) is 5.92 Å². The number of nitrogens with one attached hydrogen (secondary N) is 1. The van der Waals surface area contributed by atoms with Crippen LogP contribution in [0.4, 0.5) is 0 Å². The molecular weight excluding hydrogens is 402 g/mol. The lowest BCUT2D eigenvalue weighted by Crippen LogP contribution is -2.40. The fraction of sp³-hybridized carbons (Fsp3) is 0.474. The Hall–Kier alpha value is -1.74. The summed E-state index contributed by atoms with van der Waals surface area (Å²) in [5, 5.41) is 4.30. The van der Waals surface area contributed by atoms with Crippen molar-refractivity contribution < 1.29 is 17.9 Å². The van der Waals surface area contributed by atoms with Gasteiger partial charge in [0.05, 0.1) is 12.0 Å². The van der Waals surface area contributed by atoms with Gasteiger partial charge in [-0.05, 0) is 44.0 Å². The molecule has 3 rings (SSSR count). The molecule has 1 aromatic carbocycles. The number of sulfonamides is 1. The molecular formula is C19H26ClN3O4S. The van der Waals surface area contributed by atoms with E-state index in [1.165, 1.54) is 13.3 Å². The smallest absolute Gasteiger partial charge is 0.357 e. The molecule has 1 aromatic heterocycles. The summed E-state index contributed by atoms with van der Waals surface area (Å²) in [4.78, 5) is 16.2. The number of nitrogens with zero attached hydrogens (tertiary/aromatic N) is 2. The molecule has 0 aliphatic carbocycles. The Morgan fingerprint density at radius 1 is 1.25 bits per heavy atom. The van der Waals surface area contributed by atoms with Gasteiger partial charge in [0, 0.05) is 30.1 Å². The number of fused-ring (bicyclic) bond motifs is 1. The molecule has 0 amide bonds.